The molecule has 0 fully saturated rings. The van der Waals surface area contributed by atoms with E-state index in [0.717, 1.165) is 5.01 Å². The molecule has 0 bridgehead atoms. The second-order valence-electron chi connectivity index (χ2n) is 4.88. The standard InChI is InChI=1S/C17H13ClN2O3/c1-23-14-8-2-11(3-9-14)15-10-16(21)20(17(15)22)19-13-6-4-12(18)5-7-13/h2-10,19H,1H3. The van der Waals surface area contributed by atoms with E-state index in [9.17, 15) is 9.59 Å². The van der Waals surface area contributed by atoms with Crippen molar-refractivity contribution in [1.82, 2.24) is 5.01 Å². The van der Waals surface area contributed by atoms with Crippen LogP contribution < -0.4 is 10.2 Å². The first-order chi connectivity index (χ1) is 11.1. The van der Waals surface area contributed by atoms with E-state index in [4.69, 9.17) is 16.3 Å². The van der Waals surface area contributed by atoms with E-state index in [0.29, 0.717) is 27.6 Å². The van der Waals surface area contributed by atoms with Gasteiger partial charge in [-0.2, -0.15) is 5.01 Å². The van der Waals surface area contributed by atoms with Gasteiger partial charge in [-0.15, -0.1) is 0 Å². The molecule has 1 N–H and O–H groups in total. The van der Waals surface area contributed by atoms with Crippen molar-refractivity contribution in [3.8, 4) is 5.75 Å². The molecule has 0 saturated heterocycles. The third-order valence-corrected chi connectivity index (χ3v) is 3.66. The van der Waals surface area contributed by atoms with Crippen molar-refractivity contribution in [3.05, 3.63) is 65.2 Å². The van der Waals surface area contributed by atoms with Gasteiger partial charge in [0.25, 0.3) is 11.8 Å². The summed E-state index contributed by atoms with van der Waals surface area (Å²) < 4.78 is 5.08. The zero-order valence-electron chi connectivity index (χ0n) is 12.2. The van der Waals surface area contributed by atoms with Gasteiger partial charge in [0.1, 0.15) is 5.75 Å². The maximum Gasteiger partial charge on any atom is 0.280 e. The van der Waals surface area contributed by atoms with E-state index < -0.39 is 11.8 Å². The van der Waals surface area contributed by atoms with Crippen LogP contribution in [-0.2, 0) is 9.59 Å². The Morgan fingerprint density at radius 1 is 1.00 bits per heavy atom. The van der Waals surface area contributed by atoms with Crippen LogP contribution in [0.2, 0.25) is 5.02 Å². The lowest BCUT2D eigenvalue weighted by Crippen LogP contribution is -2.36. The molecule has 1 aliphatic heterocycles. The minimum absolute atomic E-state index is 0.333. The van der Waals surface area contributed by atoms with Crippen molar-refractivity contribution in [2.45, 2.75) is 0 Å². The Morgan fingerprint density at radius 2 is 1.65 bits per heavy atom. The molecule has 3 rings (SSSR count). The fourth-order valence-corrected chi connectivity index (χ4v) is 2.33. The van der Waals surface area contributed by atoms with Gasteiger partial charge in [0.05, 0.1) is 18.4 Å². The summed E-state index contributed by atoms with van der Waals surface area (Å²) >= 11 is 5.82. The fraction of sp³-hybridized carbons (Fsp3) is 0.0588. The van der Waals surface area contributed by atoms with Gasteiger partial charge in [0.15, 0.2) is 0 Å². The van der Waals surface area contributed by atoms with Gasteiger partial charge in [-0.1, -0.05) is 23.7 Å². The van der Waals surface area contributed by atoms with Crippen LogP contribution in [0.4, 0.5) is 5.69 Å². The number of rotatable bonds is 4. The second-order valence-corrected chi connectivity index (χ2v) is 5.32. The van der Waals surface area contributed by atoms with Crippen molar-refractivity contribution in [1.29, 1.82) is 0 Å². The average Bonchev–Trinajstić information content (AvgIpc) is 2.85. The van der Waals surface area contributed by atoms with E-state index in [1.807, 2.05) is 0 Å². The largest absolute Gasteiger partial charge is 0.497 e. The molecule has 6 heteroatoms. The van der Waals surface area contributed by atoms with Crippen LogP contribution in [0, 0.1) is 0 Å². The number of nitrogens with zero attached hydrogens (tertiary/aromatic N) is 1. The quantitative estimate of drug-likeness (QED) is 0.876. The van der Waals surface area contributed by atoms with Crippen LogP contribution in [0.5, 0.6) is 5.75 Å². The van der Waals surface area contributed by atoms with Crippen molar-refractivity contribution in [3.63, 3.8) is 0 Å². The highest BCUT2D eigenvalue weighted by Crippen LogP contribution is 2.26. The minimum atomic E-state index is -0.421. The first-order valence-corrected chi connectivity index (χ1v) is 7.23. The average molecular weight is 329 g/mol. The van der Waals surface area contributed by atoms with Gasteiger partial charge >= 0.3 is 0 Å². The summed E-state index contributed by atoms with van der Waals surface area (Å²) in [4.78, 5) is 24.5. The molecule has 0 atom stereocenters. The van der Waals surface area contributed by atoms with Crippen LogP contribution in [0.25, 0.3) is 5.57 Å². The molecule has 0 saturated carbocycles. The molecule has 23 heavy (non-hydrogen) atoms. The van der Waals surface area contributed by atoms with Crippen molar-refractivity contribution in [2.75, 3.05) is 12.5 Å². The molecule has 1 heterocycles. The molecule has 5 nitrogen and oxygen atoms in total. The zero-order chi connectivity index (χ0) is 16.4. The zero-order valence-corrected chi connectivity index (χ0v) is 13.0. The monoisotopic (exact) mass is 328 g/mol. The van der Waals surface area contributed by atoms with E-state index in [1.54, 1.807) is 55.6 Å². The molecule has 2 amide bonds. The van der Waals surface area contributed by atoms with Crippen molar-refractivity contribution >= 4 is 34.7 Å². The fourth-order valence-electron chi connectivity index (χ4n) is 2.21. The number of nitrogens with one attached hydrogen (secondary N) is 1. The van der Waals surface area contributed by atoms with E-state index in [-0.39, 0.29) is 0 Å². The van der Waals surface area contributed by atoms with Crippen LogP contribution in [0.3, 0.4) is 0 Å². The van der Waals surface area contributed by atoms with Crippen LogP contribution in [-0.4, -0.2) is 23.9 Å². The number of anilines is 1. The molecule has 1 aliphatic rings. The van der Waals surface area contributed by atoms with Gasteiger partial charge in [-0.05, 0) is 42.0 Å². The van der Waals surface area contributed by atoms with Crippen molar-refractivity contribution < 1.29 is 14.3 Å². The molecular weight excluding hydrogens is 316 g/mol. The number of hydrogen-bond acceptors (Lipinski definition) is 4. The molecular formula is C17H13ClN2O3. The first-order valence-electron chi connectivity index (χ1n) is 6.85. The maximum absolute atomic E-state index is 12.5. The number of amides is 2. The third-order valence-electron chi connectivity index (χ3n) is 3.41. The summed E-state index contributed by atoms with van der Waals surface area (Å²) in [6, 6.07) is 13.7. The Morgan fingerprint density at radius 3 is 2.26 bits per heavy atom. The Labute approximate surface area is 138 Å². The highest BCUT2D eigenvalue weighted by atomic mass is 35.5. The van der Waals surface area contributed by atoms with E-state index in [2.05, 4.69) is 5.43 Å². The Bertz CT molecular complexity index is 782. The van der Waals surface area contributed by atoms with E-state index in [1.165, 1.54) is 6.08 Å². The summed E-state index contributed by atoms with van der Waals surface area (Å²) in [5.74, 6) is -0.145. The lowest BCUT2D eigenvalue weighted by molar-refractivity contribution is -0.134. The summed E-state index contributed by atoms with van der Waals surface area (Å²) in [5, 5.41) is 1.55. The molecule has 0 aliphatic carbocycles. The number of imide groups is 1. The highest BCUT2D eigenvalue weighted by Gasteiger charge is 2.32. The minimum Gasteiger partial charge on any atom is -0.497 e. The first kappa shape index (κ1) is 15.1. The smallest absolute Gasteiger partial charge is 0.280 e. The second kappa shape index (κ2) is 6.14. The molecule has 2 aromatic carbocycles. The normalized spacial score (nSPS) is 14.0. The number of carbonyl (C=O) groups excluding carboxylic acids is 2. The number of hydrazine groups is 1. The molecule has 0 spiro atoms. The lowest BCUT2D eigenvalue weighted by Gasteiger charge is -2.17. The molecule has 2 aromatic rings. The third kappa shape index (κ3) is 3.05. The number of benzene rings is 2. The van der Waals surface area contributed by atoms with Gasteiger partial charge < -0.3 is 4.74 Å². The maximum atomic E-state index is 12.5. The predicted octanol–water partition coefficient (Wildman–Crippen LogP) is 3.13. The molecule has 116 valence electrons. The predicted molar refractivity (Wildman–Crippen MR) is 87.9 cm³/mol. The lowest BCUT2D eigenvalue weighted by atomic mass is 10.1. The summed E-state index contributed by atoms with van der Waals surface area (Å²) in [6.45, 7) is 0. The summed E-state index contributed by atoms with van der Waals surface area (Å²) in [7, 11) is 1.57. The number of ether oxygens (including phenoxy) is 1. The Kier molecular flexibility index (Phi) is 4.04. The van der Waals surface area contributed by atoms with Gasteiger partial charge in [-0.3, -0.25) is 15.0 Å². The van der Waals surface area contributed by atoms with Gasteiger partial charge in [-0.25, -0.2) is 0 Å². The van der Waals surface area contributed by atoms with Crippen molar-refractivity contribution in [2.24, 2.45) is 0 Å². The van der Waals surface area contributed by atoms with Gasteiger partial charge in [0.2, 0.25) is 0 Å². The number of carbonyl (C=O) groups is 2. The van der Waals surface area contributed by atoms with Crippen LogP contribution in [0.1, 0.15) is 5.56 Å². The number of hydrogen-bond donors (Lipinski definition) is 1. The molecule has 0 aromatic heterocycles. The summed E-state index contributed by atoms with van der Waals surface area (Å²) in [5.41, 5.74) is 4.38. The number of methoxy groups -OCH3 is 1. The van der Waals surface area contributed by atoms with Crippen LogP contribution >= 0.6 is 11.6 Å². The number of halogens is 1. The summed E-state index contributed by atoms with van der Waals surface area (Å²) in [6.07, 6.45) is 1.31. The van der Waals surface area contributed by atoms with Gasteiger partial charge in [0, 0.05) is 11.1 Å². The Balaban J connectivity index is 1.80. The van der Waals surface area contributed by atoms with E-state index >= 15 is 0 Å². The Hall–Kier alpha value is -2.79. The molecule has 0 unspecified atom stereocenters. The topological polar surface area (TPSA) is 58.6 Å². The SMILES string of the molecule is COc1ccc(C2=CC(=O)N(Nc3ccc(Cl)cc3)C2=O)cc1. The highest BCUT2D eigenvalue weighted by molar-refractivity contribution is 6.33. The molecule has 0 radical (unpaired) electrons. The van der Waals surface area contributed by atoms with Crippen LogP contribution in [0.15, 0.2) is 54.6 Å².